The van der Waals surface area contributed by atoms with Crippen LogP contribution >= 0.6 is 0 Å². The summed E-state index contributed by atoms with van der Waals surface area (Å²) in [5.41, 5.74) is 11.4. The van der Waals surface area contributed by atoms with Crippen LogP contribution in [0.25, 0.3) is 0 Å². The van der Waals surface area contributed by atoms with E-state index < -0.39 is 0 Å². The molecule has 0 spiro atoms. The normalized spacial score (nSPS) is 19.7. The Balaban J connectivity index is 2.18. The summed E-state index contributed by atoms with van der Waals surface area (Å²) in [6, 6.07) is 8.29. The fourth-order valence-electron chi connectivity index (χ4n) is 3.75. The molecular weight excluding hydrogens is 442 g/mol. The Morgan fingerprint density at radius 3 is 2.49 bits per heavy atom. The molecule has 7 heteroatoms. The van der Waals surface area contributed by atoms with Crippen molar-refractivity contribution in [2.45, 2.75) is 65.7 Å². The Morgan fingerprint density at radius 1 is 1.14 bits per heavy atom. The third kappa shape index (κ3) is 9.80. The molecule has 0 aromatic heterocycles. The van der Waals surface area contributed by atoms with Crippen LogP contribution in [0.5, 0.6) is 0 Å². The van der Waals surface area contributed by atoms with Crippen LogP contribution in [0, 0.1) is 6.92 Å². The Kier molecular flexibility index (Phi) is 11.9. The summed E-state index contributed by atoms with van der Waals surface area (Å²) < 4.78 is 11.1. The van der Waals surface area contributed by atoms with E-state index in [0.29, 0.717) is 50.2 Å². The van der Waals surface area contributed by atoms with Gasteiger partial charge in [0.15, 0.2) is 6.29 Å². The standard InChI is InChI=1S/C28H41N3O4/c1-6-20(3)23(15-22-10-7-9-19(2)13-22)16-24(14-21(4)27(32)30-5)28(33)31-12-8-11-26-34-17-25(29)18-35-26/h7,9-10,13-14,16,25-26H,6,8,11-12,15,17-18,29H2,1-5H3,(H,30,32)(H,31,33)/b21-14+,23-20+,24-16+/t25-,26-. The van der Waals surface area contributed by atoms with Gasteiger partial charge in [-0.1, -0.05) is 42.3 Å². The van der Waals surface area contributed by atoms with Crippen LogP contribution in [-0.2, 0) is 25.5 Å². The van der Waals surface area contributed by atoms with Crippen molar-refractivity contribution in [3.05, 3.63) is 69.8 Å². The molecule has 0 saturated carbocycles. The predicted molar refractivity (Wildman–Crippen MR) is 140 cm³/mol. The van der Waals surface area contributed by atoms with Crippen LogP contribution in [0.3, 0.4) is 0 Å². The number of benzene rings is 1. The van der Waals surface area contributed by atoms with Crippen LogP contribution in [0.15, 0.2) is 58.7 Å². The zero-order valence-corrected chi connectivity index (χ0v) is 21.8. The molecule has 0 bridgehead atoms. The van der Waals surface area contributed by atoms with Gasteiger partial charge in [-0.15, -0.1) is 0 Å². The molecule has 192 valence electrons. The molecule has 2 rings (SSSR count). The van der Waals surface area contributed by atoms with Gasteiger partial charge in [0.25, 0.3) is 5.91 Å². The van der Waals surface area contributed by atoms with Crippen LogP contribution < -0.4 is 16.4 Å². The van der Waals surface area contributed by atoms with E-state index in [4.69, 9.17) is 15.2 Å². The molecule has 0 aliphatic carbocycles. The van der Waals surface area contributed by atoms with Crippen molar-refractivity contribution in [1.29, 1.82) is 0 Å². The van der Waals surface area contributed by atoms with Crippen molar-refractivity contribution in [3.8, 4) is 0 Å². The highest BCUT2D eigenvalue weighted by molar-refractivity contribution is 6.00. The minimum atomic E-state index is -0.284. The average molecular weight is 484 g/mol. The number of nitrogens with one attached hydrogen (secondary N) is 2. The Morgan fingerprint density at radius 2 is 1.86 bits per heavy atom. The van der Waals surface area contributed by atoms with E-state index in [0.717, 1.165) is 12.0 Å². The number of carbonyl (C=O) groups is 2. The lowest BCUT2D eigenvalue weighted by Crippen LogP contribution is -2.41. The zero-order chi connectivity index (χ0) is 25.8. The first-order chi connectivity index (χ1) is 16.7. The van der Waals surface area contributed by atoms with Gasteiger partial charge in [0.2, 0.25) is 5.91 Å². The third-order valence-corrected chi connectivity index (χ3v) is 6.00. The fourth-order valence-corrected chi connectivity index (χ4v) is 3.75. The van der Waals surface area contributed by atoms with Crippen molar-refractivity contribution in [3.63, 3.8) is 0 Å². The van der Waals surface area contributed by atoms with Gasteiger partial charge in [0, 0.05) is 31.2 Å². The van der Waals surface area contributed by atoms with Crippen LogP contribution in [0.2, 0.25) is 0 Å². The van der Waals surface area contributed by atoms with Crippen LogP contribution in [-0.4, -0.2) is 51.0 Å². The van der Waals surface area contributed by atoms with Crippen molar-refractivity contribution < 1.29 is 19.1 Å². The number of hydrogen-bond acceptors (Lipinski definition) is 5. The molecular formula is C28H41N3O4. The number of ether oxygens (including phenoxy) is 2. The molecule has 0 radical (unpaired) electrons. The van der Waals surface area contributed by atoms with Crippen molar-refractivity contribution in [2.75, 3.05) is 26.8 Å². The molecule has 4 N–H and O–H groups in total. The second-order valence-corrected chi connectivity index (χ2v) is 9.09. The largest absolute Gasteiger partial charge is 0.355 e. The third-order valence-electron chi connectivity index (χ3n) is 6.00. The van der Waals surface area contributed by atoms with Gasteiger partial charge in [-0.25, -0.2) is 0 Å². The monoisotopic (exact) mass is 483 g/mol. The van der Waals surface area contributed by atoms with Crippen LogP contribution in [0.1, 0.15) is 51.2 Å². The molecule has 0 unspecified atom stereocenters. The Labute approximate surface area is 209 Å². The highest BCUT2D eigenvalue weighted by atomic mass is 16.7. The predicted octanol–water partition coefficient (Wildman–Crippen LogP) is 3.48. The highest BCUT2D eigenvalue weighted by Gasteiger charge is 2.19. The van der Waals surface area contributed by atoms with E-state index in [1.54, 1.807) is 20.0 Å². The topological polar surface area (TPSA) is 103 Å². The van der Waals surface area contributed by atoms with Crippen LogP contribution in [0.4, 0.5) is 0 Å². The summed E-state index contributed by atoms with van der Waals surface area (Å²) in [5, 5.41) is 5.61. The number of likely N-dealkylation sites (N-methyl/N-ethyl adjacent to an activating group) is 1. The molecule has 1 aromatic carbocycles. The number of carbonyl (C=O) groups excluding carboxylic acids is 2. The second kappa shape index (κ2) is 14.6. The lowest BCUT2D eigenvalue weighted by atomic mass is 9.95. The molecule has 1 aromatic rings. The Bertz CT molecular complexity index is 957. The highest BCUT2D eigenvalue weighted by Crippen LogP contribution is 2.20. The number of nitrogens with two attached hydrogens (primary N) is 1. The summed E-state index contributed by atoms with van der Waals surface area (Å²) in [5.74, 6) is -0.434. The van der Waals surface area contributed by atoms with E-state index in [2.05, 4.69) is 49.6 Å². The quantitative estimate of drug-likeness (QED) is 0.254. The summed E-state index contributed by atoms with van der Waals surface area (Å²) in [4.78, 5) is 25.3. The smallest absolute Gasteiger partial charge is 0.251 e. The SMILES string of the molecule is CC/C(C)=C(/C=C(\C=C(/C)C(=O)NC)C(=O)NCCC[C@H]1OC[C@H](N)CO1)Cc1cccc(C)c1. The van der Waals surface area contributed by atoms with Gasteiger partial charge < -0.3 is 25.8 Å². The van der Waals surface area contributed by atoms with Gasteiger partial charge in [-0.05, 0) is 63.3 Å². The number of amides is 2. The first-order valence-electron chi connectivity index (χ1n) is 12.4. The van der Waals surface area contributed by atoms with Gasteiger partial charge in [-0.2, -0.15) is 0 Å². The fraction of sp³-hybridized carbons (Fsp3) is 0.500. The van der Waals surface area contributed by atoms with Gasteiger partial charge in [-0.3, -0.25) is 9.59 Å². The van der Waals surface area contributed by atoms with Gasteiger partial charge in [0.1, 0.15) is 0 Å². The maximum Gasteiger partial charge on any atom is 0.251 e. The molecule has 35 heavy (non-hydrogen) atoms. The minimum absolute atomic E-state index is 0.0809. The molecule has 7 nitrogen and oxygen atoms in total. The summed E-state index contributed by atoms with van der Waals surface area (Å²) in [6.45, 7) is 9.42. The first kappa shape index (κ1) is 28.5. The second-order valence-electron chi connectivity index (χ2n) is 9.09. The van der Waals surface area contributed by atoms with Gasteiger partial charge in [0.05, 0.1) is 19.3 Å². The maximum absolute atomic E-state index is 13.2. The molecule has 1 saturated heterocycles. The molecule has 1 aliphatic heterocycles. The zero-order valence-electron chi connectivity index (χ0n) is 21.8. The molecule has 1 heterocycles. The lowest BCUT2D eigenvalue weighted by molar-refractivity contribution is -0.188. The maximum atomic E-state index is 13.2. The van der Waals surface area contributed by atoms with E-state index in [1.165, 1.54) is 16.7 Å². The van der Waals surface area contributed by atoms with E-state index >= 15 is 0 Å². The molecule has 2 amide bonds. The Hall–Kier alpha value is -2.74. The van der Waals surface area contributed by atoms with Crippen molar-refractivity contribution >= 4 is 11.8 Å². The molecule has 1 fully saturated rings. The number of hydrogen-bond donors (Lipinski definition) is 3. The number of allylic oxidation sites excluding steroid dienone is 3. The van der Waals surface area contributed by atoms with E-state index in [1.807, 2.05) is 12.1 Å². The summed E-state index contributed by atoms with van der Waals surface area (Å²) in [6.07, 6.45) is 6.25. The van der Waals surface area contributed by atoms with E-state index in [9.17, 15) is 9.59 Å². The summed E-state index contributed by atoms with van der Waals surface area (Å²) in [7, 11) is 1.58. The minimum Gasteiger partial charge on any atom is -0.355 e. The van der Waals surface area contributed by atoms with Crippen molar-refractivity contribution in [2.24, 2.45) is 5.73 Å². The van der Waals surface area contributed by atoms with Crippen molar-refractivity contribution in [1.82, 2.24) is 10.6 Å². The number of aryl methyl sites for hydroxylation is 1. The number of rotatable bonds is 11. The van der Waals surface area contributed by atoms with E-state index in [-0.39, 0.29) is 24.1 Å². The molecule has 0 atom stereocenters. The average Bonchev–Trinajstić information content (AvgIpc) is 2.85. The van der Waals surface area contributed by atoms with Gasteiger partial charge >= 0.3 is 0 Å². The first-order valence-corrected chi connectivity index (χ1v) is 12.4. The lowest BCUT2D eigenvalue weighted by Gasteiger charge is -2.27. The molecule has 1 aliphatic rings. The summed E-state index contributed by atoms with van der Waals surface area (Å²) >= 11 is 0.